The molecule has 0 heterocycles. The van der Waals surface area contributed by atoms with Crippen LogP contribution < -0.4 is 0 Å². The second-order valence-corrected chi connectivity index (χ2v) is 3.83. The minimum Gasteiger partial charge on any atom is -0.0842 e. The quantitative estimate of drug-likeness (QED) is 0.650. The maximum atomic E-state index is 5.35. The molecule has 0 N–H and O–H groups in total. The van der Waals surface area contributed by atoms with Crippen molar-refractivity contribution < 1.29 is 0 Å². The third-order valence-electron chi connectivity index (χ3n) is 2.76. The number of allylic oxidation sites excluding steroid dienone is 1. The molecule has 1 atom stereocenters. The molecule has 0 saturated carbocycles. The van der Waals surface area contributed by atoms with Gasteiger partial charge in [0.1, 0.15) is 0 Å². The molecule has 1 aromatic rings. The molecule has 0 heteroatoms. The molecule has 1 unspecified atom stereocenters. The zero-order valence-corrected chi connectivity index (χ0v) is 9.16. The molecular weight excluding hydrogens is 168 g/mol. The summed E-state index contributed by atoms with van der Waals surface area (Å²) in [5.74, 6) is 0.671. The lowest BCUT2D eigenvalue weighted by molar-refractivity contribution is 0.733. The fourth-order valence-electron chi connectivity index (χ4n) is 1.50. The predicted octanol–water partition coefficient (Wildman–Crippen LogP) is 4.12. The van der Waals surface area contributed by atoms with Crippen LogP contribution in [-0.4, -0.2) is 0 Å². The van der Waals surface area contributed by atoms with Crippen LogP contribution in [0.3, 0.4) is 0 Å². The molecule has 14 heavy (non-hydrogen) atoms. The van der Waals surface area contributed by atoms with E-state index in [1.807, 2.05) is 0 Å². The van der Waals surface area contributed by atoms with Gasteiger partial charge < -0.3 is 0 Å². The summed E-state index contributed by atoms with van der Waals surface area (Å²) in [7, 11) is 0. The largest absolute Gasteiger partial charge is 0.0842 e. The summed E-state index contributed by atoms with van der Waals surface area (Å²) < 4.78 is 0. The van der Waals surface area contributed by atoms with Crippen molar-refractivity contribution in [2.75, 3.05) is 0 Å². The Hall–Kier alpha value is -1.04. The van der Waals surface area contributed by atoms with E-state index in [-0.39, 0.29) is 0 Å². The predicted molar refractivity (Wildman–Crippen MR) is 62.3 cm³/mol. The van der Waals surface area contributed by atoms with Crippen molar-refractivity contribution in [1.82, 2.24) is 0 Å². The number of hydrogen-bond donors (Lipinski definition) is 0. The Bertz CT molecular complexity index is 269. The van der Waals surface area contributed by atoms with E-state index in [2.05, 4.69) is 38.1 Å². The highest BCUT2D eigenvalue weighted by molar-refractivity contribution is 5.25. The van der Waals surface area contributed by atoms with Crippen molar-refractivity contribution >= 4 is 0 Å². The summed E-state index contributed by atoms with van der Waals surface area (Å²) in [5, 5.41) is 0. The molecule has 1 aromatic carbocycles. The highest BCUT2D eigenvalue weighted by Gasteiger charge is 2.01. The maximum absolute atomic E-state index is 5.35. The van der Waals surface area contributed by atoms with Gasteiger partial charge in [-0.15, -0.1) is 0 Å². The van der Waals surface area contributed by atoms with Gasteiger partial charge in [-0.05, 0) is 36.3 Å². The van der Waals surface area contributed by atoms with Gasteiger partial charge in [0, 0.05) is 0 Å². The molecule has 75 valence electrons. The van der Waals surface area contributed by atoms with E-state index in [4.69, 9.17) is 6.58 Å². The molecule has 0 fully saturated rings. The summed E-state index contributed by atoms with van der Waals surface area (Å²) in [6, 6.07) is 8.90. The van der Waals surface area contributed by atoms with Gasteiger partial charge in [-0.1, -0.05) is 50.8 Å². The molecule has 0 nitrogen and oxygen atoms in total. The maximum Gasteiger partial charge on any atom is -0.0193 e. The van der Waals surface area contributed by atoms with Crippen LogP contribution in [0.15, 0.2) is 30.3 Å². The van der Waals surface area contributed by atoms with Gasteiger partial charge in [0.25, 0.3) is 0 Å². The van der Waals surface area contributed by atoms with E-state index in [0.717, 1.165) is 12.8 Å². The van der Waals surface area contributed by atoms with E-state index < -0.39 is 0 Å². The van der Waals surface area contributed by atoms with Crippen LogP contribution in [-0.2, 0) is 6.42 Å². The minimum atomic E-state index is 0.671. The first-order valence-electron chi connectivity index (χ1n) is 5.40. The number of rotatable bonds is 5. The highest BCUT2D eigenvalue weighted by Crippen LogP contribution is 2.19. The smallest absolute Gasteiger partial charge is 0.0193 e. The van der Waals surface area contributed by atoms with Crippen molar-refractivity contribution in [3.63, 3.8) is 0 Å². The Morgan fingerprint density at radius 1 is 1.29 bits per heavy atom. The monoisotopic (exact) mass is 187 g/mol. The van der Waals surface area contributed by atoms with E-state index in [1.54, 1.807) is 6.08 Å². The van der Waals surface area contributed by atoms with Crippen LogP contribution in [0.4, 0.5) is 0 Å². The van der Waals surface area contributed by atoms with Gasteiger partial charge in [-0.3, -0.25) is 0 Å². The zero-order valence-electron chi connectivity index (χ0n) is 9.16. The lowest BCUT2D eigenvalue weighted by Crippen LogP contribution is -1.91. The Morgan fingerprint density at radius 3 is 2.43 bits per heavy atom. The Morgan fingerprint density at radius 2 is 1.93 bits per heavy atom. The first-order chi connectivity index (χ1) is 6.77. The van der Waals surface area contributed by atoms with Crippen LogP contribution >= 0.6 is 0 Å². The van der Waals surface area contributed by atoms with Crippen LogP contribution in [0, 0.1) is 6.58 Å². The SMILES string of the molecule is [CH]=CCCc1ccc(C(C)CC)cc1. The summed E-state index contributed by atoms with van der Waals surface area (Å²) in [4.78, 5) is 0. The van der Waals surface area contributed by atoms with Crippen molar-refractivity contribution in [2.24, 2.45) is 0 Å². The number of benzene rings is 1. The lowest BCUT2D eigenvalue weighted by atomic mass is 9.97. The highest BCUT2D eigenvalue weighted by atomic mass is 14.1. The molecule has 0 bridgehead atoms. The summed E-state index contributed by atoms with van der Waals surface area (Å²) in [6.07, 6.45) is 4.94. The molecule has 0 aliphatic rings. The Kier molecular flexibility index (Phi) is 4.45. The molecule has 0 amide bonds. The van der Waals surface area contributed by atoms with E-state index in [9.17, 15) is 0 Å². The Balaban J connectivity index is 2.63. The standard InChI is InChI=1S/C14H19/c1-4-6-7-13-8-10-14(11-9-13)12(3)5-2/h1,4,8-12H,5-7H2,2-3H3. The average molecular weight is 187 g/mol. The van der Waals surface area contributed by atoms with Crippen LogP contribution in [0.25, 0.3) is 0 Å². The van der Waals surface area contributed by atoms with Crippen LogP contribution in [0.5, 0.6) is 0 Å². The zero-order chi connectivity index (χ0) is 10.4. The van der Waals surface area contributed by atoms with Crippen molar-refractivity contribution in [3.05, 3.63) is 48.0 Å². The summed E-state index contributed by atoms with van der Waals surface area (Å²) in [5.41, 5.74) is 2.81. The van der Waals surface area contributed by atoms with Crippen LogP contribution in [0.1, 0.15) is 43.7 Å². The van der Waals surface area contributed by atoms with Crippen LogP contribution in [0.2, 0.25) is 0 Å². The van der Waals surface area contributed by atoms with Gasteiger partial charge >= 0.3 is 0 Å². The molecule has 0 aliphatic carbocycles. The van der Waals surface area contributed by atoms with Gasteiger partial charge in [0.15, 0.2) is 0 Å². The van der Waals surface area contributed by atoms with Crippen molar-refractivity contribution in [3.8, 4) is 0 Å². The molecule has 0 aromatic heterocycles. The molecular formula is C14H19. The fourth-order valence-corrected chi connectivity index (χ4v) is 1.50. The molecule has 0 aliphatic heterocycles. The van der Waals surface area contributed by atoms with E-state index in [1.165, 1.54) is 17.5 Å². The topological polar surface area (TPSA) is 0 Å². The summed E-state index contributed by atoms with van der Waals surface area (Å²) >= 11 is 0. The van der Waals surface area contributed by atoms with Gasteiger partial charge in [-0.25, -0.2) is 0 Å². The minimum absolute atomic E-state index is 0.671. The van der Waals surface area contributed by atoms with Gasteiger partial charge in [0.05, 0.1) is 0 Å². The second kappa shape index (κ2) is 5.64. The summed E-state index contributed by atoms with van der Waals surface area (Å²) in [6.45, 7) is 9.84. The Labute approximate surface area is 87.7 Å². The van der Waals surface area contributed by atoms with E-state index in [0.29, 0.717) is 5.92 Å². The van der Waals surface area contributed by atoms with Gasteiger partial charge in [-0.2, -0.15) is 0 Å². The second-order valence-electron chi connectivity index (χ2n) is 3.83. The average Bonchev–Trinajstić information content (AvgIpc) is 2.26. The van der Waals surface area contributed by atoms with Gasteiger partial charge in [0.2, 0.25) is 0 Å². The number of hydrogen-bond acceptors (Lipinski definition) is 0. The van der Waals surface area contributed by atoms with Crippen molar-refractivity contribution in [1.29, 1.82) is 0 Å². The third kappa shape index (κ3) is 3.02. The first kappa shape index (κ1) is 11.0. The number of aryl methyl sites for hydroxylation is 1. The molecule has 1 radical (unpaired) electrons. The normalized spacial score (nSPS) is 12.4. The van der Waals surface area contributed by atoms with Crippen molar-refractivity contribution in [2.45, 2.75) is 39.0 Å². The van der Waals surface area contributed by atoms with E-state index >= 15 is 0 Å². The lowest BCUT2D eigenvalue weighted by Gasteiger charge is -2.09. The molecule has 1 rings (SSSR count). The fraction of sp³-hybridized carbons (Fsp3) is 0.429. The molecule has 0 spiro atoms. The third-order valence-corrected chi connectivity index (χ3v) is 2.76. The molecule has 0 saturated heterocycles. The first-order valence-corrected chi connectivity index (χ1v) is 5.40.